The molecule has 138 valence electrons. The molecule has 0 spiro atoms. The molecule has 0 atom stereocenters. The summed E-state index contributed by atoms with van der Waals surface area (Å²) in [5.41, 5.74) is 0.754. The van der Waals surface area contributed by atoms with Crippen molar-refractivity contribution < 1.29 is 19.2 Å². The average molecular weight is 424 g/mol. The predicted octanol–water partition coefficient (Wildman–Crippen LogP) is 3.81. The highest BCUT2D eigenvalue weighted by Gasteiger charge is 2.29. The molecule has 2 aliphatic heterocycles. The zero-order chi connectivity index (χ0) is 18.7. The number of carbonyl (C=O) groups excluding carboxylic acids is 1. The third-order valence-corrected chi connectivity index (χ3v) is 5.09. The van der Waals surface area contributed by atoms with E-state index >= 15 is 0 Å². The largest absolute Gasteiger partial charge is 0.490 e. The molecule has 0 aromatic heterocycles. The summed E-state index contributed by atoms with van der Waals surface area (Å²) in [6.07, 6.45) is 7.68. The van der Waals surface area contributed by atoms with Crippen LogP contribution in [0, 0.1) is 10.1 Å². The number of nitro groups is 1. The Labute approximate surface area is 158 Å². The van der Waals surface area contributed by atoms with E-state index in [2.05, 4.69) is 20.8 Å². The number of hydrogen-bond donors (Lipinski definition) is 0. The van der Waals surface area contributed by atoms with Crippen LogP contribution in [0.3, 0.4) is 0 Å². The third-order valence-electron chi connectivity index (χ3n) is 4.46. The standard InChI is InChI=1S/C17H18BrN3O5/c1-25-16-11-14(13(18)10-15(16)21(23)24)19-7-4-12(5-8-19)20-6-2-3-9-26-17(20)22/h2-3,6,9-12H,4-5,7-8H2,1H3. The highest BCUT2D eigenvalue weighted by Crippen LogP contribution is 2.39. The van der Waals surface area contributed by atoms with Crippen molar-refractivity contribution in [3.05, 3.63) is 51.3 Å². The number of rotatable bonds is 4. The van der Waals surface area contributed by atoms with Crippen LogP contribution in [0.2, 0.25) is 0 Å². The first-order chi connectivity index (χ1) is 12.5. The second-order valence-corrected chi connectivity index (χ2v) is 6.77. The number of ether oxygens (including phenoxy) is 2. The number of hydrogen-bond acceptors (Lipinski definition) is 6. The minimum Gasteiger partial charge on any atom is -0.490 e. The molecule has 9 heteroatoms. The van der Waals surface area contributed by atoms with Gasteiger partial charge in [-0.1, -0.05) is 0 Å². The van der Waals surface area contributed by atoms with Crippen LogP contribution < -0.4 is 9.64 Å². The number of cyclic esters (lactones) is 1. The molecule has 1 fully saturated rings. The number of anilines is 1. The quantitative estimate of drug-likeness (QED) is 0.540. The molecule has 3 rings (SSSR count). The van der Waals surface area contributed by atoms with Gasteiger partial charge in [0.05, 0.1) is 24.0 Å². The van der Waals surface area contributed by atoms with E-state index in [1.807, 2.05) is 0 Å². The van der Waals surface area contributed by atoms with Crippen molar-refractivity contribution >= 4 is 33.4 Å². The molecule has 1 saturated heterocycles. The van der Waals surface area contributed by atoms with Gasteiger partial charge in [0.2, 0.25) is 0 Å². The van der Waals surface area contributed by atoms with Gasteiger partial charge in [-0.2, -0.15) is 0 Å². The normalized spacial score (nSPS) is 17.8. The van der Waals surface area contributed by atoms with E-state index in [-0.39, 0.29) is 23.6 Å². The maximum Gasteiger partial charge on any atom is 0.418 e. The Bertz CT molecular complexity index is 772. The van der Waals surface area contributed by atoms with Crippen molar-refractivity contribution in [2.24, 2.45) is 0 Å². The molecule has 2 aliphatic rings. The molecule has 0 unspecified atom stereocenters. The zero-order valence-electron chi connectivity index (χ0n) is 14.1. The number of piperidine rings is 1. The number of allylic oxidation sites excluding steroid dienone is 2. The minimum absolute atomic E-state index is 0.0496. The summed E-state index contributed by atoms with van der Waals surface area (Å²) in [4.78, 5) is 26.4. The zero-order valence-corrected chi connectivity index (χ0v) is 15.7. The van der Waals surface area contributed by atoms with Crippen molar-refractivity contribution in [3.63, 3.8) is 0 Å². The van der Waals surface area contributed by atoms with E-state index in [0.29, 0.717) is 17.6 Å². The summed E-state index contributed by atoms with van der Waals surface area (Å²) < 4.78 is 10.8. The van der Waals surface area contributed by atoms with E-state index in [1.165, 1.54) is 19.4 Å². The van der Waals surface area contributed by atoms with Gasteiger partial charge >= 0.3 is 11.8 Å². The van der Waals surface area contributed by atoms with E-state index in [1.54, 1.807) is 29.3 Å². The summed E-state index contributed by atoms with van der Waals surface area (Å²) in [6.45, 7) is 1.41. The van der Waals surface area contributed by atoms with Crippen LogP contribution in [0.15, 0.2) is 41.2 Å². The van der Waals surface area contributed by atoms with Crippen molar-refractivity contribution in [1.29, 1.82) is 0 Å². The third kappa shape index (κ3) is 3.67. The van der Waals surface area contributed by atoms with Crippen LogP contribution in [0.5, 0.6) is 5.75 Å². The Hall–Kier alpha value is -2.55. The lowest BCUT2D eigenvalue weighted by molar-refractivity contribution is -0.385. The SMILES string of the molecule is COc1cc(N2CCC(N3C=CC=COC3=O)CC2)c(Br)cc1[N+](=O)[O-]. The summed E-state index contributed by atoms with van der Waals surface area (Å²) in [6, 6.07) is 3.18. The number of amides is 1. The maximum atomic E-state index is 12.0. The van der Waals surface area contributed by atoms with Crippen molar-refractivity contribution in [2.45, 2.75) is 18.9 Å². The fourth-order valence-electron chi connectivity index (χ4n) is 3.14. The van der Waals surface area contributed by atoms with Gasteiger partial charge in [0.15, 0.2) is 5.75 Å². The van der Waals surface area contributed by atoms with Crippen LogP contribution in [0.25, 0.3) is 0 Å². The molecule has 1 amide bonds. The van der Waals surface area contributed by atoms with Crippen molar-refractivity contribution in [1.82, 2.24) is 4.90 Å². The molecule has 1 aromatic carbocycles. The highest BCUT2D eigenvalue weighted by molar-refractivity contribution is 9.10. The molecule has 0 aliphatic carbocycles. The molecule has 1 aromatic rings. The Morgan fingerprint density at radius 1 is 1.31 bits per heavy atom. The van der Waals surface area contributed by atoms with Gasteiger partial charge in [0.1, 0.15) is 0 Å². The van der Waals surface area contributed by atoms with E-state index in [4.69, 9.17) is 9.47 Å². The second kappa shape index (κ2) is 7.77. The van der Waals surface area contributed by atoms with Crippen LogP contribution in [0.1, 0.15) is 12.8 Å². The van der Waals surface area contributed by atoms with Gasteiger partial charge in [-0.05, 0) is 40.9 Å². The van der Waals surface area contributed by atoms with Gasteiger partial charge in [0, 0.05) is 41.9 Å². The smallest absolute Gasteiger partial charge is 0.418 e. The topological polar surface area (TPSA) is 85.2 Å². The van der Waals surface area contributed by atoms with Crippen LogP contribution in [0.4, 0.5) is 16.2 Å². The first kappa shape index (κ1) is 18.2. The highest BCUT2D eigenvalue weighted by atomic mass is 79.9. The van der Waals surface area contributed by atoms with E-state index < -0.39 is 4.92 Å². The van der Waals surface area contributed by atoms with Crippen LogP contribution >= 0.6 is 15.9 Å². The Morgan fingerprint density at radius 2 is 2.04 bits per heavy atom. The average Bonchev–Trinajstić information content (AvgIpc) is 2.86. The van der Waals surface area contributed by atoms with E-state index in [0.717, 1.165) is 18.5 Å². The summed E-state index contributed by atoms with van der Waals surface area (Å²) in [5.74, 6) is 0.223. The maximum absolute atomic E-state index is 12.0. The number of nitrogens with zero attached hydrogens (tertiary/aromatic N) is 3. The van der Waals surface area contributed by atoms with Gasteiger partial charge in [-0.25, -0.2) is 4.79 Å². The molecule has 2 heterocycles. The predicted molar refractivity (Wildman–Crippen MR) is 99.2 cm³/mol. The van der Waals surface area contributed by atoms with Gasteiger partial charge in [-0.3, -0.25) is 15.0 Å². The van der Waals surface area contributed by atoms with Gasteiger partial charge in [-0.15, -0.1) is 0 Å². The molecule has 0 N–H and O–H groups in total. The molecule has 0 bridgehead atoms. The number of carbonyl (C=O) groups is 1. The monoisotopic (exact) mass is 423 g/mol. The number of methoxy groups -OCH3 is 1. The molecular formula is C17H18BrN3O5. The number of benzene rings is 1. The van der Waals surface area contributed by atoms with Crippen molar-refractivity contribution in [3.8, 4) is 5.75 Å². The lowest BCUT2D eigenvalue weighted by atomic mass is 10.0. The van der Waals surface area contributed by atoms with Crippen LogP contribution in [-0.4, -0.2) is 42.2 Å². The lowest BCUT2D eigenvalue weighted by Crippen LogP contribution is -2.45. The van der Waals surface area contributed by atoms with Crippen LogP contribution in [-0.2, 0) is 4.74 Å². The van der Waals surface area contributed by atoms with E-state index in [9.17, 15) is 14.9 Å². The summed E-state index contributed by atoms with van der Waals surface area (Å²) in [7, 11) is 1.41. The molecular weight excluding hydrogens is 406 g/mol. The number of nitro benzene ring substituents is 1. The minimum atomic E-state index is -0.467. The Kier molecular flexibility index (Phi) is 5.46. The molecule has 0 saturated carbocycles. The fourth-order valence-corrected chi connectivity index (χ4v) is 3.73. The Balaban J connectivity index is 1.74. The second-order valence-electron chi connectivity index (χ2n) is 5.91. The molecule has 0 radical (unpaired) electrons. The van der Waals surface area contributed by atoms with Gasteiger partial charge in [0.25, 0.3) is 0 Å². The first-order valence-corrected chi connectivity index (χ1v) is 8.89. The summed E-state index contributed by atoms with van der Waals surface area (Å²) in [5, 5.41) is 11.1. The lowest BCUT2D eigenvalue weighted by Gasteiger charge is -2.37. The fraction of sp³-hybridized carbons (Fsp3) is 0.353. The summed E-state index contributed by atoms with van der Waals surface area (Å²) >= 11 is 3.42. The molecule has 26 heavy (non-hydrogen) atoms. The number of halogens is 1. The van der Waals surface area contributed by atoms with Crippen molar-refractivity contribution in [2.75, 3.05) is 25.1 Å². The first-order valence-electron chi connectivity index (χ1n) is 8.10. The Morgan fingerprint density at radius 3 is 2.69 bits per heavy atom. The molecule has 8 nitrogen and oxygen atoms in total. The van der Waals surface area contributed by atoms with Gasteiger partial charge < -0.3 is 14.4 Å².